The van der Waals surface area contributed by atoms with Crippen LogP contribution in [0.1, 0.15) is 103 Å². The fourth-order valence-electron chi connectivity index (χ4n) is 4.02. The van der Waals surface area contributed by atoms with E-state index in [2.05, 4.69) is 12.2 Å². The molecule has 1 atom stereocenters. The highest BCUT2D eigenvalue weighted by molar-refractivity contribution is 7.53. The van der Waals surface area contributed by atoms with Crippen LogP contribution in [0.5, 0.6) is 0 Å². The number of hydrogen-bond donors (Lipinski definition) is 1. The van der Waals surface area contributed by atoms with Crippen molar-refractivity contribution in [1.29, 1.82) is 0 Å². The molecule has 0 unspecified atom stereocenters. The van der Waals surface area contributed by atoms with Gasteiger partial charge < -0.3 is 19.1 Å². The molecule has 0 aromatic heterocycles. The molecular weight excluding hydrogens is 467 g/mol. The second kappa shape index (κ2) is 22.3. The Hall–Kier alpha value is -0.950. The zero-order chi connectivity index (χ0) is 26.4. The van der Waals surface area contributed by atoms with E-state index in [1.807, 2.05) is 0 Å². The molecule has 0 saturated heterocycles. The van der Waals surface area contributed by atoms with Crippen molar-refractivity contribution in [1.82, 2.24) is 10.2 Å². The molecule has 8 nitrogen and oxygen atoms in total. The van der Waals surface area contributed by atoms with Gasteiger partial charge >= 0.3 is 13.6 Å². The van der Waals surface area contributed by atoms with E-state index in [1.54, 1.807) is 0 Å². The number of urea groups is 1. The van der Waals surface area contributed by atoms with E-state index in [1.165, 1.54) is 105 Å². The Morgan fingerprint density at radius 2 is 1.29 bits per heavy atom. The lowest BCUT2D eigenvalue weighted by Gasteiger charge is -2.23. The van der Waals surface area contributed by atoms with Crippen LogP contribution in [0, 0.1) is 5.92 Å². The number of carbonyl (C=O) groups excluding carboxylic acids is 2. The number of amides is 3. The monoisotopic (exact) mass is 520 g/mol. The van der Waals surface area contributed by atoms with Crippen LogP contribution in [-0.4, -0.2) is 64.5 Å². The quantitative estimate of drug-likeness (QED) is 0.118. The molecule has 0 aliphatic heterocycles. The Morgan fingerprint density at radius 1 is 0.829 bits per heavy atom. The summed E-state index contributed by atoms with van der Waals surface area (Å²) in [6.45, 7) is 3.00. The maximum atomic E-state index is 12.7. The number of nitrogens with one attached hydrogen (secondary N) is 1. The van der Waals surface area contributed by atoms with Gasteiger partial charge in [0.25, 0.3) is 0 Å². The van der Waals surface area contributed by atoms with Crippen LogP contribution in [0.15, 0.2) is 0 Å². The van der Waals surface area contributed by atoms with Crippen molar-refractivity contribution in [2.75, 3.05) is 47.7 Å². The van der Waals surface area contributed by atoms with E-state index in [4.69, 9.17) is 13.8 Å². The predicted octanol–water partition coefficient (Wildman–Crippen LogP) is 6.77. The molecule has 0 bridgehead atoms. The Kier molecular flexibility index (Phi) is 21.7. The molecule has 0 fully saturated rings. The summed E-state index contributed by atoms with van der Waals surface area (Å²) in [6, 6.07) is -0.492. The van der Waals surface area contributed by atoms with Gasteiger partial charge in [0.1, 0.15) is 0 Å². The molecule has 0 aliphatic rings. The number of nitrogens with zero attached hydrogens (tertiary/aromatic N) is 1. The summed E-state index contributed by atoms with van der Waals surface area (Å²) in [4.78, 5) is 25.6. The molecule has 0 aromatic rings. The lowest BCUT2D eigenvalue weighted by molar-refractivity contribution is -0.133. The first-order chi connectivity index (χ1) is 16.8. The number of unbranched alkanes of at least 4 members (excludes halogenated alkanes) is 13. The SMILES string of the molecule is CCCCCCCCCCCCCCCCOC[C@@H](CCP(=O)(OC)OC)C(=O)N(C)C(=O)NC. The highest BCUT2D eigenvalue weighted by Gasteiger charge is 2.30. The summed E-state index contributed by atoms with van der Waals surface area (Å²) < 4.78 is 28.1. The van der Waals surface area contributed by atoms with Gasteiger partial charge in [0.15, 0.2) is 0 Å². The highest BCUT2D eigenvalue weighted by atomic mass is 31.2. The van der Waals surface area contributed by atoms with Gasteiger partial charge in [-0.15, -0.1) is 0 Å². The third kappa shape index (κ3) is 17.2. The third-order valence-corrected chi connectivity index (χ3v) is 8.39. The largest absolute Gasteiger partial charge is 0.381 e. The molecule has 208 valence electrons. The number of imide groups is 1. The van der Waals surface area contributed by atoms with Crippen molar-refractivity contribution in [2.45, 2.75) is 103 Å². The van der Waals surface area contributed by atoms with E-state index in [-0.39, 0.29) is 25.1 Å². The van der Waals surface area contributed by atoms with Crippen molar-refractivity contribution in [3.05, 3.63) is 0 Å². The molecular formula is C26H53N2O6P. The summed E-state index contributed by atoms with van der Waals surface area (Å²) in [5.41, 5.74) is 0. The van der Waals surface area contributed by atoms with E-state index >= 15 is 0 Å². The summed E-state index contributed by atoms with van der Waals surface area (Å²) in [7, 11) is 2.30. The number of rotatable bonds is 23. The van der Waals surface area contributed by atoms with E-state index in [0.717, 1.165) is 17.7 Å². The molecule has 0 aromatic carbocycles. The van der Waals surface area contributed by atoms with Crippen molar-refractivity contribution < 1.29 is 27.9 Å². The van der Waals surface area contributed by atoms with Gasteiger partial charge in [-0.3, -0.25) is 14.3 Å². The number of ether oxygens (including phenoxy) is 1. The van der Waals surface area contributed by atoms with Gasteiger partial charge in [-0.1, -0.05) is 90.4 Å². The predicted molar refractivity (Wildman–Crippen MR) is 143 cm³/mol. The van der Waals surface area contributed by atoms with E-state index < -0.39 is 19.5 Å². The van der Waals surface area contributed by atoms with Crippen LogP contribution in [0.25, 0.3) is 0 Å². The van der Waals surface area contributed by atoms with Crippen LogP contribution in [0.2, 0.25) is 0 Å². The van der Waals surface area contributed by atoms with Crippen molar-refractivity contribution in [3.63, 3.8) is 0 Å². The molecule has 3 amide bonds. The van der Waals surface area contributed by atoms with Crippen LogP contribution in [-0.2, 0) is 23.1 Å². The molecule has 9 heteroatoms. The zero-order valence-electron chi connectivity index (χ0n) is 23.1. The lowest BCUT2D eigenvalue weighted by Crippen LogP contribution is -2.43. The summed E-state index contributed by atoms with van der Waals surface area (Å²) in [5, 5.41) is 2.44. The number of hydrogen-bond acceptors (Lipinski definition) is 6. The zero-order valence-corrected chi connectivity index (χ0v) is 24.0. The second-order valence-electron chi connectivity index (χ2n) is 9.31. The van der Waals surface area contributed by atoms with Crippen LogP contribution < -0.4 is 5.32 Å². The fourth-order valence-corrected chi connectivity index (χ4v) is 5.16. The van der Waals surface area contributed by atoms with Crippen LogP contribution in [0.3, 0.4) is 0 Å². The smallest absolute Gasteiger partial charge is 0.330 e. The Labute approximate surface area is 214 Å². The molecule has 0 radical (unpaired) electrons. The van der Waals surface area contributed by atoms with Crippen LogP contribution in [0.4, 0.5) is 4.79 Å². The standard InChI is InChI=1S/C26H53N2O6P/c1-6-7-8-9-10-11-12-13-14-15-16-17-18-19-21-34-23-24(20-22-35(31,32-4)33-5)25(29)28(3)26(30)27-2/h24H,6-23H2,1-5H3,(H,27,30)/t24-/m1/s1. The van der Waals surface area contributed by atoms with Gasteiger partial charge in [0.2, 0.25) is 5.91 Å². The molecule has 35 heavy (non-hydrogen) atoms. The Bertz CT molecular complexity index is 582. The molecule has 0 heterocycles. The van der Waals surface area contributed by atoms with Crippen LogP contribution >= 0.6 is 7.60 Å². The van der Waals surface area contributed by atoms with E-state index in [0.29, 0.717) is 6.61 Å². The minimum absolute atomic E-state index is 0.0835. The minimum atomic E-state index is -3.24. The van der Waals surface area contributed by atoms with Gasteiger partial charge in [-0.25, -0.2) is 4.79 Å². The molecule has 0 spiro atoms. The normalized spacial score (nSPS) is 12.5. The lowest BCUT2D eigenvalue weighted by atomic mass is 10.0. The second-order valence-corrected chi connectivity index (χ2v) is 11.7. The average Bonchev–Trinajstić information content (AvgIpc) is 2.88. The third-order valence-electron chi connectivity index (χ3n) is 6.47. The maximum absolute atomic E-state index is 12.7. The summed E-state index contributed by atoms with van der Waals surface area (Å²) in [6.07, 6.45) is 18.5. The Morgan fingerprint density at radius 3 is 1.71 bits per heavy atom. The van der Waals surface area contributed by atoms with E-state index in [9.17, 15) is 14.2 Å². The first-order valence-corrected chi connectivity index (χ1v) is 15.4. The molecule has 0 aliphatic carbocycles. The topological polar surface area (TPSA) is 94.2 Å². The highest BCUT2D eigenvalue weighted by Crippen LogP contribution is 2.47. The number of carbonyl (C=O) groups is 2. The Balaban J connectivity index is 4.05. The summed E-state index contributed by atoms with van der Waals surface area (Å²) in [5.74, 6) is -0.966. The molecule has 1 N–H and O–H groups in total. The van der Waals surface area contributed by atoms with Crippen molar-refractivity contribution in [3.8, 4) is 0 Å². The average molecular weight is 521 g/mol. The molecule has 0 saturated carbocycles. The fraction of sp³-hybridized carbons (Fsp3) is 0.923. The van der Waals surface area contributed by atoms with Gasteiger partial charge in [0.05, 0.1) is 18.7 Å². The minimum Gasteiger partial charge on any atom is -0.381 e. The summed E-state index contributed by atoms with van der Waals surface area (Å²) >= 11 is 0. The van der Waals surface area contributed by atoms with Crippen molar-refractivity contribution in [2.24, 2.45) is 5.92 Å². The van der Waals surface area contributed by atoms with Gasteiger partial charge in [-0.05, 0) is 12.8 Å². The first kappa shape index (κ1) is 34.0. The van der Waals surface area contributed by atoms with Gasteiger partial charge in [0, 0.05) is 34.9 Å². The van der Waals surface area contributed by atoms with Gasteiger partial charge in [-0.2, -0.15) is 0 Å². The first-order valence-electron chi connectivity index (χ1n) is 13.6. The van der Waals surface area contributed by atoms with Crippen molar-refractivity contribution >= 4 is 19.5 Å². The molecule has 0 rings (SSSR count). The maximum Gasteiger partial charge on any atom is 0.330 e.